The van der Waals surface area contributed by atoms with Crippen LogP contribution in [0.5, 0.6) is 0 Å². The van der Waals surface area contributed by atoms with E-state index in [1.165, 1.54) is 24.1 Å². The lowest BCUT2D eigenvalue weighted by molar-refractivity contribution is 0.648. The van der Waals surface area contributed by atoms with Gasteiger partial charge in [-0.1, -0.05) is 12.1 Å². The monoisotopic (exact) mass is 190 g/mol. The molecule has 1 fully saturated rings. The summed E-state index contributed by atoms with van der Waals surface area (Å²) in [7, 11) is 4.17. The molecule has 76 valence electrons. The Balaban J connectivity index is 2.21. The average Bonchev–Trinajstić information content (AvgIpc) is 2.71. The second-order valence-corrected chi connectivity index (χ2v) is 4.14. The van der Waals surface area contributed by atoms with Crippen LogP contribution in [0.3, 0.4) is 0 Å². The molecule has 0 spiro atoms. The van der Waals surface area contributed by atoms with Crippen molar-refractivity contribution in [2.24, 2.45) is 0 Å². The molecule has 14 heavy (non-hydrogen) atoms. The van der Waals surface area contributed by atoms with Gasteiger partial charge in [0, 0.05) is 25.8 Å². The number of benzene rings is 1. The van der Waals surface area contributed by atoms with Gasteiger partial charge < -0.3 is 10.2 Å². The highest BCUT2D eigenvalue weighted by Crippen LogP contribution is 2.25. The summed E-state index contributed by atoms with van der Waals surface area (Å²) in [6.07, 6.45) is 2.58. The topological polar surface area (TPSA) is 15.3 Å². The van der Waals surface area contributed by atoms with Gasteiger partial charge in [0.15, 0.2) is 0 Å². The minimum Gasteiger partial charge on any atom is -0.378 e. The fourth-order valence-corrected chi connectivity index (χ4v) is 1.99. The molecule has 1 aliphatic heterocycles. The smallest absolute Gasteiger partial charge is 0.0364 e. The van der Waals surface area contributed by atoms with Gasteiger partial charge in [-0.15, -0.1) is 0 Å². The van der Waals surface area contributed by atoms with Crippen LogP contribution in [-0.4, -0.2) is 20.6 Å². The lowest BCUT2D eigenvalue weighted by Gasteiger charge is -2.16. The van der Waals surface area contributed by atoms with E-state index in [0.717, 1.165) is 6.54 Å². The van der Waals surface area contributed by atoms with Crippen LogP contribution in [0.25, 0.3) is 0 Å². The number of hydrogen-bond acceptors (Lipinski definition) is 2. The van der Waals surface area contributed by atoms with Crippen molar-refractivity contribution in [3.8, 4) is 0 Å². The molecular weight excluding hydrogens is 172 g/mol. The van der Waals surface area contributed by atoms with Crippen LogP contribution in [-0.2, 0) is 0 Å². The molecule has 1 N–H and O–H groups in total. The van der Waals surface area contributed by atoms with Gasteiger partial charge in [-0.05, 0) is 37.1 Å². The second kappa shape index (κ2) is 4.01. The molecule has 1 aromatic rings. The van der Waals surface area contributed by atoms with Crippen molar-refractivity contribution in [2.45, 2.75) is 18.9 Å². The fraction of sp³-hybridized carbons (Fsp3) is 0.500. The maximum atomic E-state index is 3.52. The zero-order valence-electron chi connectivity index (χ0n) is 8.96. The van der Waals surface area contributed by atoms with Crippen molar-refractivity contribution >= 4 is 5.69 Å². The summed E-state index contributed by atoms with van der Waals surface area (Å²) in [4.78, 5) is 2.15. The van der Waals surface area contributed by atoms with E-state index in [9.17, 15) is 0 Å². The predicted octanol–water partition coefficient (Wildman–Crippen LogP) is 2.18. The first kappa shape index (κ1) is 9.53. The third kappa shape index (κ3) is 1.90. The zero-order chi connectivity index (χ0) is 9.97. The molecule has 2 nitrogen and oxygen atoms in total. The standard InChI is InChI=1S/C12H18N2/c1-14(2)11-6-3-5-10(9-11)12-7-4-8-13-12/h3,5-6,9,12-13H,4,7-8H2,1-2H3/t12-/m1/s1. The Bertz CT molecular complexity index is 301. The van der Waals surface area contributed by atoms with E-state index in [4.69, 9.17) is 0 Å². The van der Waals surface area contributed by atoms with Gasteiger partial charge in [-0.2, -0.15) is 0 Å². The van der Waals surface area contributed by atoms with Crippen LogP contribution < -0.4 is 10.2 Å². The molecule has 0 aromatic heterocycles. The van der Waals surface area contributed by atoms with E-state index < -0.39 is 0 Å². The van der Waals surface area contributed by atoms with Crippen LogP contribution in [0.1, 0.15) is 24.4 Å². The first-order valence-electron chi connectivity index (χ1n) is 5.28. The molecule has 0 aliphatic carbocycles. The van der Waals surface area contributed by atoms with Gasteiger partial charge in [-0.25, -0.2) is 0 Å². The lowest BCUT2D eigenvalue weighted by Crippen LogP contribution is -2.14. The molecule has 0 bridgehead atoms. The molecule has 2 rings (SSSR count). The van der Waals surface area contributed by atoms with Crippen LogP contribution in [0.4, 0.5) is 5.69 Å². The zero-order valence-corrected chi connectivity index (χ0v) is 8.96. The molecule has 1 atom stereocenters. The molecule has 0 saturated carbocycles. The Morgan fingerprint density at radius 1 is 1.36 bits per heavy atom. The minimum atomic E-state index is 0.579. The van der Waals surface area contributed by atoms with Crippen molar-refractivity contribution in [1.29, 1.82) is 0 Å². The highest BCUT2D eigenvalue weighted by molar-refractivity contribution is 5.47. The van der Waals surface area contributed by atoms with E-state index in [2.05, 4.69) is 48.6 Å². The molecule has 1 saturated heterocycles. The normalized spacial score (nSPS) is 21.1. The van der Waals surface area contributed by atoms with Crippen molar-refractivity contribution in [2.75, 3.05) is 25.5 Å². The van der Waals surface area contributed by atoms with E-state index in [1.54, 1.807) is 0 Å². The molecule has 1 aromatic carbocycles. The first-order valence-corrected chi connectivity index (χ1v) is 5.28. The molecular formula is C12H18N2. The third-order valence-corrected chi connectivity index (χ3v) is 2.85. The fourth-order valence-electron chi connectivity index (χ4n) is 1.99. The maximum absolute atomic E-state index is 3.52. The summed E-state index contributed by atoms with van der Waals surface area (Å²) in [5, 5.41) is 3.52. The summed E-state index contributed by atoms with van der Waals surface area (Å²) in [5.74, 6) is 0. The van der Waals surface area contributed by atoms with E-state index in [0.29, 0.717) is 6.04 Å². The number of nitrogens with one attached hydrogen (secondary N) is 1. The van der Waals surface area contributed by atoms with E-state index in [1.807, 2.05) is 0 Å². The van der Waals surface area contributed by atoms with Crippen molar-refractivity contribution in [1.82, 2.24) is 5.32 Å². The van der Waals surface area contributed by atoms with Crippen LogP contribution in [0, 0.1) is 0 Å². The van der Waals surface area contributed by atoms with E-state index >= 15 is 0 Å². The summed E-state index contributed by atoms with van der Waals surface area (Å²) in [6, 6.07) is 9.37. The highest BCUT2D eigenvalue weighted by Gasteiger charge is 2.15. The Morgan fingerprint density at radius 2 is 2.21 bits per heavy atom. The van der Waals surface area contributed by atoms with E-state index in [-0.39, 0.29) is 0 Å². The number of rotatable bonds is 2. The van der Waals surface area contributed by atoms with Gasteiger partial charge in [0.2, 0.25) is 0 Å². The molecule has 2 heteroatoms. The van der Waals surface area contributed by atoms with Crippen molar-refractivity contribution in [3.63, 3.8) is 0 Å². The van der Waals surface area contributed by atoms with Gasteiger partial charge in [0.05, 0.1) is 0 Å². The molecule has 0 amide bonds. The summed E-state index contributed by atoms with van der Waals surface area (Å²) in [6.45, 7) is 1.16. The Morgan fingerprint density at radius 3 is 2.86 bits per heavy atom. The summed E-state index contributed by atoms with van der Waals surface area (Å²) >= 11 is 0. The summed E-state index contributed by atoms with van der Waals surface area (Å²) < 4.78 is 0. The van der Waals surface area contributed by atoms with Gasteiger partial charge in [0.1, 0.15) is 0 Å². The predicted molar refractivity (Wildman–Crippen MR) is 60.7 cm³/mol. The molecule has 0 radical (unpaired) electrons. The lowest BCUT2D eigenvalue weighted by atomic mass is 10.0. The Kier molecular flexibility index (Phi) is 2.73. The number of nitrogens with zero attached hydrogens (tertiary/aromatic N) is 1. The largest absolute Gasteiger partial charge is 0.378 e. The minimum absolute atomic E-state index is 0.579. The average molecular weight is 190 g/mol. The van der Waals surface area contributed by atoms with Crippen LogP contribution >= 0.6 is 0 Å². The van der Waals surface area contributed by atoms with Gasteiger partial charge in [-0.3, -0.25) is 0 Å². The molecule has 1 heterocycles. The number of hydrogen-bond donors (Lipinski definition) is 1. The third-order valence-electron chi connectivity index (χ3n) is 2.85. The Labute approximate surface area is 85.9 Å². The quantitative estimate of drug-likeness (QED) is 0.769. The van der Waals surface area contributed by atoms with Crippen molar-refractivity contribution in [3.05, 3.63) is 29.8 Å². The maximum Gasteiger partial charge on any atom is 0.0364 e. The first-order chi connectivity index (χ1) is 6.77. The van der Waals surface area contributed by atoms with Crippen LogP contribution in [0.2, 0.25) is 0 Å². The molecule has 0 unspecified atom stereocenters. The SMILES string of the molecule is CN(C)c1cccc([C@H]2CCCN2)c1. The van der Waals surface area contributed by atoms with Crippen molar-refractivity contribution < 1.29 is 0 Å². The Hall–Kier alpha value is -1.02. The number of anilines is 1. The van der Waals surface area contributed by atoms with Crippen LogP contribution in [0.15, 0.2) is 24.3 Å². The highest BCUT2D eigenvalue weighted by atomic mass is 15.1. The summed E-state index contributed by atoms with van der Waals surface area (Å²) in [5.41, 5.74) is 2.71. The van der Waals surface area contributed by atoms with Gasteiger partial charge >= 0.3 is 0 Å². The molecule has 1 aliphatic rings. The van der Waals surface area contributed by atoms with Gasteiger partial charge in [0.25, 0.3) is 0 Å². The second-order valence-electron chi connectivity index (χ2n) is 4.14.